The van der Waals surface area contributed by atoms with Crippen molar-refractivity contribution in [2.24, 2.45) is 0 Å². The fourth-order valence-electron chi connectivity index (χ4n) is 1.81. The molecule has 0 aliphatic carbocycles. The molecule has 0 unspecified atom stereocenters. The summed E-state index contributed by atoms with van der Waals surface area (Å²) in [5.74, 6) is -2.07. The van der Waals surface area contributed by atoms with Gasteiger partial charge in [0.15, 0.2) is 5.69 Å². The average molecular weight is 306 g/mol. The van der Waals surface area contributed by atoms with E-state index in [1.165, 1.54) is 23.7 Å². The highest BCUT2D eigenvalue weighted by Gasteiger charge is 2.20. The van der Waals surface area contributed by atoms with Crippen molar-refractivity contribution in [1.29, 1.82) is 0 Å². The number of amides is 1. The number of hydrogen-bond acceptors (Lipinski definition) is 4. The van der Waals surface area contributed by atoms with Gasteiger partial charge in [0.25, 0.3) is 5.91 Å². The Kier molecular flexibility index (Phi) is 4.50. The Morgan fingerprint density at radius 3 is 2.59 bits per heavy atom. The molecule has 1 atom stereocenters. The summed E-state index contributed by atoms with van der Waals surface area (Å²) in [4.78, 5) is 22.7. The number of hydrogen-bond donors (Lipinski definition) is 2. The van der Waals surface area contributed by atoms with Gasteiger partial charge in [0.1, 0.15) is 11.9 Å². The molecule has 2 N–H and O–H groups in total. The van der Waals surface area contributed by atoms with E-state index in [4.69, 9.17) is 5.11 Å². The number of aliphatic carboxylic acids is 1. The predicted octanol–water partition coefficient (Wildman–Crippen LogP) is 0.977. The summed E-state index contributed by atoms with van der Waals surface area (Å²) < 4.78 is 14.4. The molecule has 0 saturated heterocycles. The number of nitrogens with zero attached hydrogens (tertiary/aromatic N) is 3. The van der Waals surface area contributed by atoms with Crippen LogP contribution in [-0.4, -0.2) is 38.0 Å². The summed E-state index contributed by atoms with van der Waals surface area (Å²) in [6.07, 6.45) is 0. The van der Waals surface area contributed by atoms with Crippen LogP contribution in [0.4, 0.5) is 4.39 Å². The van der Waals surface area contributed by atoms with E-state index in [0.717, 1.165) is 5.56 Å². The van der Waals surface area contributed by atoms with Crippen LogP contribution in [0.3, 0.4) is 0 Å². The zero-order valence-corrected chi connectivity index (χ0v) is 12.1. The van der Waals surface area contributed by atoms with E-state index in [9.17, 15) is 14.0 Å². The number of rotatable bonds is 5. The zero-order valence-electron chi connectivity index (χ0n) is 12.1. The standard InChI is InChI=1S/C14H15FN4O3/c1-8(14(21)22)16-13(20)12-9(2)19(18-17-12)7-10-3-5-11(15)6-4-10/h3-6,8H,7H2,1-2H3,(H,16,20)(H,21,22)/t8-/m0/s1. The van der Waals surface area contributed by atoms with Crippen LogP contribution >= 0.6 is 0 Å². The summed E-state index contributed by atoms with van der Waals surface area (Å²) in [6, 6.07) is 4.88. The first kappa shape index (κ1) is 15.6. The Hall–Kier alpha value is -2.77. The van der Waals surface area contributed by atoms with Crippen LogP contribution in [0.15, 0.2) is 24.3 Å². The smallest absolute Gasteiger partial charge is 0.325 e. The van der Waals surface area contributed by atoms with Gasteiger partial charge in [-0.15, -0.1) is 5.10 Å². The van der Waals surface area contributed by atoms with E-state index < -0.39 is 17.9 Å². The van der Waals surface area contributed by atoms with Crippen molar-refractivity contribution in [2.75, 3.05) is 0 Å². The van der Waals surface area contributed by atoms with Gasteiger partial charge in [-0.3, -0.25) is 9.59 Å². The van der Waals surface area contributed by atoms with Gasteiger partial charge in [-0.2, -0.15) is 0 Å². The van der Waals surface area contributed by atoms with Crippen molar-refractivity contribution in [3.05, 3.63) is 47.0 Å². The third-order valence-electron chi connectivity index (χ3n) is 3.16. The molecule has 2 aromatic rings. The third-order valence-corrected chi connectivity index (χ3v) is 3.16. The number of carbonyl (C=O) groups is 2. The Morgan fingerprint density at radius 1 is 1.36 bits per heavy atom. The van der Waals surface area contributed by atoms with Gasteiger partial charge in [0.05, 0.1) is 12.2 Å². The number of carboxylic acids is 1. The molecular weight excluding hydrogens is 291 g/mol. The van der Waals surface area contributed by atoms with Gasteiger partial charge in [-0.25, -0.2) is 9.07 Å². The number of aromatic nitrogens is 3. The molecular formula is C14H15FN4O3. The summed E-state index contributed by atoms with van der Waals surface area (Å²) in [7, 11) is 0. The third kappa shape index (κ3) is 3.46. The number of carboxylic acid groups (broad SMARTS) is 1. The second-order valence-corrected chi connectivity index (χ2v) is 4.84. The summed E-state index contributed by atoms with van der Waals surface area (Å²) in [5.41, 5.74) is 1.37. The van der Waals surface area contributed by atoms with Crippen molar-refractivity contribution in [1.82, 2.24) is 20.3 Å². The lowest BCUT2D eigenvalue weighted by atomic mass is 10.2. The molecule has 0 spiro atoms. The minimum absolute atomic E-state index is 0.0650. The normalized spacial score (nSPS) is 12.0. The van der Waals surface area contributed by atoms with E-state index >= 15 is 0 Å². The monoisotopic (exact) mass is 306 g/mol. The van der Waals surface area contributed by atoms with Crippen molar-refractivity contribution in [2.45, 2.75) is 26.4 Å². The fraction of sp³-hybridized carbons (Fsp3) is 0.286. The van der Waals surface area contributed by atoms with Crippen molar-refractivity contribution in [3.63, 3.8) is 0 Å². The molecule has 0 fully saturated rings. The Balaban J connectivity index is 2.13. The van der Waals surface area contributed by atoms with E-state index in [-0.39, 0.29) is 11.5 Å². The number of benzene rings is 1. The average Bonchev–Trinajstić information content (AvgIpc) is 2.82. The molecule has 7 nitrogen and oxygen atoms in total. The molecule has 0 radical (unpaired) electrons. The van der Waals surface area contributed by atoms with Gasteiger partial charge < -0.3 is 10.4 Å². The highest BCUT2D eigenvalue weighted by atomic mass is 19.1. The Labute approximate surface area is 125 Å². The van der Waals surface area contributed by atoms with E-state index in [1.54, 1.807) is 19.1 Å². The van der Waals surface area contributed by atoms with Crippen LogP contribution in [0.2, 0.25) is 0 Å². The van der Waals surface area contributed by atoms with Crippen LogP contribution in [0.25, 0.3) is 0 Å². The van der Waals surface area contributed by atoms with Crippen LogP contribution in [-0.2, 0) is 11.3 Å². The van der Waals surface area contributed by atoms with E-state index in [1.807, 2.05) is 0 Å². The van der Waals surface area contributed by atoms with Crippen LogP contribution in [0.5, 0.6) is 0 Å². The highest BCUT2D eigenvalue weighted by Crippen LogP contribution is 2.09. The van der Waals surface area contributed by atoms with E-state index in [2.05, 4.69) is 15.6 Å². The van der Waals surface area contributed by atoms with E-state index in [0.29, 0.717) is 12.2 Å². The molecule has 22 heavy (non-hydrogen) atoms. The lowest BCUT2D eigenvalue weighted by Gasteiger charge is -2.08. The molecule has 0 saturated carbocycles. The lowest BCUT2D eigenvalue weighted by Crippen LogP contribution is -2.38. The minimum atomic E-state index is -1.13. The largest absolute Gasteiger partial charge is 0.480 e. The summed E-state index contributed by atoms with van der Waals surface area (Å²) in [6.45, 7) is 3.35. The maximum atomic E-state index is 12.9. The van der Waals surface area contributed by atoms with Crippen LogP contribution in [0.1, 0.15) is 28.7 Å². The highest BCUT2D eigenvalue weighted by molar-refractivity contribution is 5.95. The molecule has 8 heteroatoms. The quantitative estimate of drug-likeness (QED) is 0.858. The topological polar surface area (TPSA) is 97.1 Å². The lowest BCUT2D eigenvalue weighted by molar-refractivity contribution is -0.138. The molecule has 2 rings (SSSR count). The zero-order chi connectivity index (χ0) is 16.3. The molecule has 0 bridgehead atoms. The fourth-order valence-corrected chi connectivity index (χ4v) is 1.81. The maximum absolute atomic E-state index is 12.9. The first-order valence-electron chi connectivity index (χ1n) is 6.56. The maximum Gasteiger partial charge on any atom is 0.325 e. The van der Waals surface area contributed by atoms with Gasteiger partial charge in [-0.1, -0.05) is 17.3 Å². The molecule has 1 amide bonds. The summed E-state index contributed by atoms with van der Waals surface area (Å²) in [5, 5.41) is 18.7. The first-order valence-corrected chi connectivity index (χ1v) is 6.56. The number of carbonyl (C=O) groups excluding carboxylic acids is 1. The molecule has 1 aromatic carbocycles. The number of halogens is 1. The van der Waals surface area contributed by atoms with Crippen molar-refractivity contribution < 1.29 is 19.1 Å². The molecule has 0 aliphatic heterocycles. The second-order valence-electron chi connectivity index (χ2n) is 4.84. The number of nitrogens with one attached hydrogen (secondary N) is 1. The van der Waals surface area contributed by atoms with Gasteiger partial charge in [0, 0.05) is 0 Å². The van der Waals surface area contributed by atoms with Crippen molar-refractivity contribution in [3.8, 4) is 0 Å². The Morgan fingerprint density at radius 2 is 2.00 bits per heavy atom. The molecule has 0 aliphatic rings. The molecule has 116 valence electrons. The second kappa shape index (κ2) is 6.33. The summed E-state index contributed by atoms with van der Waals surface area (Å²) >= 11 is 0. The predicted molar refractivity (Wildman–Crippen MR) is 74.8 cm³/mol. The van der Waals surface area contributed by atoms with Crippen LogP contribution in [0, 0.1) is 12.7 Å². The van der Waals surface area contributed by atoms with Crippen molar-refractivity contribution >= 4 is 11.9 Å². The van der Waals surface area contributed by atoms with Gasteiger partial charge >= 0.3 is 5.97 Å². The molecule has 1 heterocycles. The first-order chi connectivity index (χ1) is 10.4. The van der Waals surface area contributed by atoms with Gasteiger partial charge in [-0.05, 0) is 31.5 Å². The Bertz CT molecular complexity index is 697. The molecule has 1 aromatic heterocycles. The minimum Gasteiger partial charge on any atom is -0.480 e. The van der Waals surface area contributed by atoms with Gasteiger partial charge in [0.2, 0.25) is 0 Å². The SMILES string of the molecule is Cc1c(C(=O)N[C@@H](C)C(=O)O)nnn1Cc1ccc(F)cc1. The van der Waals surface area contributed by atoms with Crippen LogP contribution < -0.4 is 5.32 Å².